The highest BCUT2D eigenvalue weighted by Crippen LogP contribution is 2.14. The van der Waals surface area contributed by atoms with Crippen molar-refractivity contribution in [3.8, 4) is 0 Å². The molecule has 1 aliphatic heterocycles. The Bertz CT molecular complexity index is 258. The number of hydrogen-bond acceptors (Lipinski definition) is 3. The second-order valence-electron chi connectivity index (χ2n) is 3.95. The van der Waals surface area contributed by atoms with E-state index in [1.54, 1.807) is 6.26 Å². The number of rotatable bonds is 3. The van der Waals surface area contributed by atoms with Gasteiger partial charge in [-0.2, -0.15) is 0 Å². The van der Waals surface area contributed by atoms with Crippen LogP contribution in [0.4, 0.5) is 0 Å². The van der Waals surface area contributed by atoms with Gasteiger partial charge in [-0.1, -0.05) is 0 Å². The van der Waals surface area contributed by atoms with Gasteiger partial charge in [-0.3, -0.25) is 0 Å². The first kappa shape index (κ1) is 12.6. The van der Waals surface area contributed by atoms with Crippen molar-refractivity contribution in [2.75, 3.05) is 13.1 Å². The van der Waals surface area contributed by atoms with E-state index >= 15 is 0 Å². The molecular formula is C11H19ClN2O. The molecule has 0 spiro atoms. The Labute approximate surface area is 97.0 Å². The fraction of sp³-hybridized carbons (Fsp3) is 0.636. The molecule has 0 amide bonds. The van der Waals surface area contributed by atoms with Crippen molar-refractivity contribution in [1.82, 2.24) is 10.6 Å². The minimum atomic E-state index is 0. The van der Waals surface area contributed by atoms with Gasteiger partial charge in [0.15, 0.2) is 0 Å². The molecule has 0 saturated carbocycles. The molecule has 86 valence electrons. The molecule has 0 bridgehead atoms. The lowest BCUT2D eigenvalue weighted by Gasteiger charge is -2.26. The summed E-state index contributed by atoms with van der Waals surface area (Å²) in [4.78, 5) is 0. The van der Waals surface area contributed by atoms with Crippen molar-refractivity contribution in [1.29, 1.82) is 0 Å². The molecule has 2 heterocycles. The third-order valence-electron chi connectivity index (χ3n) is 2.75. The summed E-state index contributed by atoms with van der Waals surface area (Å²) in [7, 11) is 0. The lowest BCUT2D eigenvalue weighted by Crippen LogP contribution is -2.43. The SMILES string of the molecule is CC(N[C@H]1CCCNC1)c1ccco1.Cl. The number of halogens is 1. The van der Waals surface area contributed by atoms with E-state index in [2.05, 4.69) is 17.6 Å². The van der Waals surface area contributed by atoms with Crippen molar-refractivity contribution in [3.05, 3.63) is 24.2 Å². The molecule has 0 aliphatic carbocycles. The smallest absolute Gasteiger partial charge is 0.120 e. The highest BCUT2D eigenvalue weighted by Gasteiger charge is 2.16. The molecule has 3 nitrogen and oxygen atoms in total. The standard InChI is InChI=1S/C11H18N2O.ClH/c1-9(11-5-3-7-14-11)13-10-4-2-6-12-8-10;/h3,5,7,9-10,12-13H,2,4,6,8H2,1H3;1H/t9?,10-;/m0./s1. The van der Waals surface area contributed by atoms with Gasteiger partial charge in [0, 0.05) is 12.6 Å². The number of furan rings is 1. The van der Waals surface area contributed by atoms with Gasteiger partial charge in [-0.25, -0.2) is 0 Å². The Morgan fingerprint density at radius 3 is 3.07 bits per heavy atom. The summed E-state index contributed by atoms with van der Waals surface area (Å²) in [5.41, 5.74) is 0. The Hall–Kier alpha value is -0.510. The summed E-state index contributed by atoms with van der Waals surface area (Å²) >= 11 is 0. The van der Waals surface area contributed by atoms with Gasteiger partial charge in [0.1, 0.15) is 5.76 Å². The van der Waals surface area contributed by atoms with Crippen LogP contribution in [0.3, 0.4) is 0 Å². The molecule has 2 N–H and O–H groups in total. The van der Waals surface area contributed by atoms with Crippen LogP contribution in [0, 0.1) is 0 Å². The summed E-state index contributed by atoms with van der Waals surface area (Å²) in [5.74, 6) is 1.02. The van der Waals surface area contributed by atoms with Gasteiger partial charge in [0.05, 0.1) is 12.3 Å². The quantitative estimate of drug-likeness (QED) is 0.835. The summed E-state index contributed by atoms with van der Waals surface area (Å²) < 4.78 is 5.35. The average molecular weight is 231 g/mol. The first-order valence-electron chi connectivity index (χ1n) is 5.36. The van der Waals surface area contributed by atoms with Gasteiger partial charge in [-0.15, -0.1) is 12.4 Å². The Morgan fingerprint density at radius 2 is 2.47 bits per heavy atom. The van der Waals surface area contributed by atoms with Crippen LogP contribution >= 0.6 is 12.4 Å². The maximum atomic E-state index is 5.35. The van der Waals surface area contributed by atoms with E-state index in [1.165, 1.54) is 12.8 Å². The normalized spacial score (nSPS) is 23.1. The largest absolute Gasteiger partial charge is 0.468 e. The Balaban J connectivity index is 0.00000112. The number of piperidine rings is 1. The third-order valence-corrected chi connectivity index (χ3v) is 2.75. The molecule has 1 fully saturated rings. The first-order chi connectivity index (χ1) is 6.86. The van der Waals surface area contributed by atoms with E-state index < -0.39 is 0 Å². The van der Waals surface area contributed by atoms with E-state index in [4.69, 9.17) is 4.42 Å². The minimum absolute atomic E-state index is 0. The van der Waals surface area contributed by atoms with Crippen LogP contribution in [0.5, 0.6) is 0 Å². The van der Waals surface area contributed by atoms with Crippen LogP contribution < -0.4 is 10.6 Å². The predicted molar refractivity (Wildman–Crippen MR) is 63.4 cm³/mol. The molecule has 1 aliphatic rings. The van der Waals surface area contributed by atoms with Crippen LogP contribution in [0.15, 0.2) is 22.8 Å². The van der Waals surface area contributed by atoms with Crippen LogP contribution in [0.2, 0.25) is 0 Å². The molecule has 2 atom stereocenters. The van der Waals surface area contributed by atoms with E-state index in [-0.39, 0.29) is 12.4 Å². The zero-order chi connectivity index (χ0) is 9.80. The van der Waals surface area contributed by atoms with Crippen LogP contribution in [-0.4, -0.2) is 19.1 Å². The maximum Gasteiger partial charge on any atom is 0.120 e. The average Bonchev–Trinajstić information content (AvgIpc) is 2.72. The van der Waals surface area contributed by atoms with Crippen LogP contribution in [-0.2, 0) is 0 Å². The fourth-order valence-electron chi connectivity index (χ4n) is 1.97. The van der Waals surface area contributed by atoms with Crippen molar-refractivity contribution in [2.45, 2.75) is 31.8 Å². The zero-order valence-electron chi connectivity index (χ0n) is 9.03. The van der Waals surface area contributed by atoms with E-state index in [9.17, 15) is 0 Å². The first-order valence-corrected chi connectivity index (χ1v) is 5.36. The topological polar surface area (TPSA) is 37.2 Å². The van der Waals surface area contributed by atoms with E-state index in [0.717, 1.165) is 18.8 Å². The molecule has 4 heteroatoms. The summed E-state index contributed by atoms with van der Waals surface area (Å²) in [6.45, 7) is 4.38. The van der Waals surface area contributed by atoms with E-state index in [0.29, 0.717) is 12.1 Å². The van der Waals surface area contributed by atoms with E-state index in [1.807, 2.05) is 12.1 Å². The van der Waals surface area contributed by atoms with Crippen molar-refractivity contribution in [2.24, 2.45) is 0 Å². The van der Waals surface area contributed by atoms with Crippen molar-refractivity contribution < 1.29 is 4.42 Å². The third kappa shape index (κ3) is 3.52. The monoisotopic (exact) mass is 230 g/mol. The molecule has 1 aromatic rings. The molecule has 1 aromatic heterocycles. The number of hydrogen-bond donors (Lipinski definition) is 2. The van der Waals surface area contributed by atoms with Crippen LogP contribution in [0.25, 0.3) is 0 Å². The lowest BCUT2D eigenvalue weighted by molar-refractivity contribution is 0.335. The Morgan fingerprint density at radius 1 is 1.60 bits per heavy atom. The van der Waals surface area contributed by atoms with Gasteiger partial charge in [0.2, 0.25) is 0 Å². The molecule has 15 heavy (non-hydrogen) atoms. The molecule has 2 rings (SSSR count). The minimum Gasteiger partial charge on any atom is -0.468 e. The Kier molecular flexibility index (Phi) is 5.15. The number of nitrogens with one attached hydrogen (secondary N) is 2. The molecule has 1 unspecified atom stereocenters. The van der Waals surface area contributed by atoms with Crippen molar-refractivity contribution in [3.63, 3.8) is 0 Å². The fourth-order valence-corrected chi connectivity index (χ4v) is 1.97. The molecule has 1 saturated heterocycles. The van der Waals surface area contributed by atoms with Gasteiger partial charge >= 0.3 is 0 Å². The summed E-state index contributed by atoms with van der Waals surface area (Å²) in [6.07, 6.45) is 4.26. The molecule has 0 aromatic carbocycles. The predicted octanol–water partition coefficient (Wildman–Crippen LogP) is 2.10. The molecular weight excluding hydrogens is 212 g/mol. The second-order valence-corrected chi connectivity index (χ2v) is 3.95. The van der Waals surface area contributed by atoms with Crippen molar-refractivity contribution >= 4 is 12.4 Å². The highest BCUT2D eigenvalue weighted by atomic mass is 35.5. The second kappa shape index (κ2) is 6.16. The maximum absolute atomic E-state index is 5.35. The van der Waals surface area contributed by atoms with Gasteiger partial charge in [0.25, 0.3) is 0 Å². The highest BCUT2D eigenvalue weighted by molar-refractivity contribution is 5.85. The van der Waals surface area contributed by atoms with Gasteiger partial charge < -0.3 is 15.1 Å². The lowest BCUT2D eigenvalue weighted by atomic mass is 10.1. The zero-order valence-corrected chi connectivity index (χ0v) is 9.85. The summed E-state index contributed by atoms with van der Waals surface area (Å²) in [5, 5.41) is 6.96. The molecule has 0 radical (unpaired) electrons. The summed E-state index contributed by atoms with van der Waals surface area (Å²) in [6, 6.07) is 4.86. The van der Waals surface area contributed by atoms with Crippen LogP contribution in [0.1, 0.15) is 31.6 Å². The van der Waals surface area contributed by atoms with Gasteiger partial charge in [-0.05, 0) is 38.4 Å².